The number of carbonyl (C=O) groups excluding carboxylic acids is 5. The molecule has 0 unspecified atom stereocenters. The largest absolute Gasteiger partial charge is 0.508 e. The van der Waals surface area contributed by atoms with Crippen LogP contribution >= 0.6 is 23.1 Å². The van der Waals surface area contributed by atoms with E-state index < -0.39 is 127 Å². The molecule has 18 nitrogen and oxygen atoms in total. The number of nitrogens with zero attached hydrogens (tertiary/aromatic N) is 2. The van der Waals surface area contributed by atoms with Gasteiger partial charge in [0, 0.05) is 22.2 Å². The van der Waals surface area contributed by atoms with Crippen LogP contribution in [0, 0.1) is 11.8 Å². The van der Waals surface area contributed by atoms with Crippen LogP contribution in [0.3, 0.4) is 0 Å². The Balaban J connectivity index is 0.000000199. The van der Waals surface area contributed by atoms with Gasteiger partial charge >= 0.3 is 11.9 Å². The number of rotatable bonds is 7. The van der Waals surface area contributed by atoms with Crippen molar-refractivity contribution in [2.75, 3.05) is 14.1 Å². The van der Waals surface area contributed by atoms with E-state index in [0.29, 0.717) is 5.56 Å². The summed E-state index contributed by atoms with van der Waals surface area (Å²) in [5.74, 6) is -13.0. The van der Waals surface area contributed by atoms with E-state index in [4.69, 9.17) is 5.73 Å². The van der Waals surface area contributed by atoms with Crippen LogP contribution in [-0.2, 0) is 39.2 Å². The van der Waals surface area contributed by atoms with E-state index in [1.54, 1.807) is 30.7 Å². The molecular formula is C37H40N4O14S2. The number of thiophene rings is 1. The Morgan fingerprint density at radius 1 is 1.02 bits per heavy atom. The number of phenols is 1. The lowest BCUT2D eigenvalue weighted by molar-refractivity contribution is -0.161. The Kier molecular flexibility index (Phi) is 10.1. The molecule has 1 aromatic heterocycles. The highest BCUT2D eigenvalue weighted by molar-refractivity contribution is 8.01. The number of ketones is 2. The normalized spacial score (nSPS) is 31.6. The lowest BCUT2D eigenvalue weighted by atomic mass is 9.54. The SMILES string of the molecule is CC1(C)S[C@@H]2[C@H](NC(=O)[C@H](C(=O)O)c3ccsc3)C(=O)N2[C@H]1C(=O)O.CN(C)[C@@H]1C(=O)C(C(N)=O)=C(O)[C@@]2(O)C(=O)C3=C(O)c4c(O)cccc4[C@@](C)(O)[C@H]3C[C@@H]12. The van der Waals surface area contributed by atoms with E-state index in [1.807, 2.05) is 0 Å². The topological polar surface area (TPSA) is 306 Å². The summed E-state index contributed by atoms with van der Waals surface area (Å²) in [5.41, 5.74) is -0.199. The minimum Gasteiger partial charge on any atom is -0.508 e. The zero-order valence-corrected chi connectivity index (χ0v) is 32.6. The first-order valence-electron chi connectivity index (χ1n) is 17.4. The number of aliphatic hydroxyl groups excluding tert-OH is 2. The number of aliphatic carboxylic acids is 2. The van der Waals surface area contributed by atoms with Crippen molar-refractivity contribution in [1.82, 2.24) is 15.1 Å². The van der Waals surface area contributed by atoms with Crippen molar-refractivity contribution in [3.63, 3.8) is 0 Å². The van der Waals surface area contributed by atoms with Crippen molar-refractivity contribution in [2.45, 2.75) is 72.6 Å². The lowest BCUT2D eigenvalue weighted by Gasteiger charge is -2.53. The van der Waals surface area contributed by atoms with Crippen LogP contribution in [0.2, 0.25) is 0 Å². The first-order valence-corrected chi connectivity index (χ1v) is 19.2. The number of thioether (sulfide) groups is 1. The fraction of sp³-hybridized carbons (Fsp3) is 0.432. The van der Waals surface area contributed by atoms with Gasteiger partial charge in [0.1, 0.15) is 40.3 Å². The minimum absolute atomic E-state index is 0.170. The van der Waals surface area contributed by atoms with Gasteiger partial charge in [-0.3, -0.25) is 33.7 Å². The van der Waals surface area contributed by atoms with Gasteiger partial charge in [0.2, 0.25) is 17.6 Å². The predicted molar refractivity (Wildman–Crippen MR) is 200 cm³/mol. The molecule has 1 aromatic carbocycles. The van der Waals surface area contributed by atoms with Crippen LogP contribution in [0.15, 0.2) is 51.9 Å². The molecule has 0 bridgehead atoms. The number of primary amides is 1. The molecule has 3 fully saturated rings. The first-order chi connectivity index (χ1) is 26.4. The predicted octanol–water partition coefficient (Wildman–Crippen LogP) is 0.177. The van der Waals surface area contributed by atoms with Crippen molar-refractivity contribution in [3.05, 3.63) is 68.6 Å². The van der Waals surface area contributed by atoms with E-state index in [9.17, 15) is 69.3 Å². The Morgan fingerprint density at radius 3 is 2.21 bits per heavy atom. The van der Waals surface area contributed by atoms with Gasteiger partial charge in [-0.05, 0) is 75.3 Å². The molecule has 2 saturated heterocycles. The molecule has 7 rings (SSSR count). The third kappa shape index (κ3) is 6.08. The van der Waals surface area contributed by atoms with E-state index >= 15 is 0 Å². The summed E-state index contributed by atoms with van der Waals surface area (Å²) in [6.07, 6.45) is -0.200. The monoisotopic (exact) mass is 828 g/mol. The van der Waals surface area contributed by atoms with E-state index in [1.165, 1.54) is 72.1 Å². The highest BCUT2D eigenvalue weighted by Gasteiger charge is 2.67. The number of β-lactam (4-membered cyclic amide) rings is 1. The number of carboxylic acid groups (broad SMARTS) is 2. The van der Waals surface area contributed by atoms with Crippen molar-refractivity contribution in [1.29, 1.82) is 0 Å². The smallest absolute Gasteiger partial charge is 0.327 e. The number of amides is 3. The van der Waals surface area contributed by atoms with Gasteiger partial charge in [-0.1, -0.05) is 12.1 Å². The maximum atomic E-state index is 13.7. The second kappa shape index (κ2) is 14.0. The average molecular weight is 829 g/mol. The molecule has 3 heterocycles. The third-order valence-corrected chi connectivity index (χ3v) is 13.7. The number of fused-ring (bicyclic) bond motifs is 4. The molecule has 0 spiro atoms. The summed E-state index contributed by atoms with van der Waals surface area (Å²) < 4.78 is -0.703. The molecule has 5 aliphatic rings. The highest BCUT2D eigenvalue weighted by Crippen LogP contribution is 2.57. The minimum atomic E-state index is -2.75. The number of nitrogens with two attached hydrogens (primary N) is 1. The number of likely N-dealkylation sites (N-methyl/N-ethyl adjacent to an activating group) is 1. The van der Waals surface area contributed by atoms with E-state index in [2.05, 4.69) is 5.32 Å². The summed E-state index contributed by atoms with van der Waals surface area (Å²) in [6.45, 7) is 4.86. The number of carboxylic acids is 2. The zero-order valence-electron chi connectivity index (χ0n) is 31.0. The van der Waals surface area contributed by atoms with Crippen LogP contribution < -0.4 is 11.1 Å². The van der Waals surface area contributed by atoms with Gasteiger partial charge in [-0.15, -0.1) is 11.8 Å². The molecule has 0 radical (unpaired) electrons. The average Bonchev–Trinajstić information content (AvgIpc) is 3.71. The summed E-state index contributed by atoms with van der Waals surface area (Å²) in [4.78, 5) is 88.9. The quantitative estimate of drug-likeness (QED) is 0.102. The zero-order chi connectivity index (χ0) is 42.4. The van der Waals surface area contributed by atoms with Crippen LogP contribution in [0.1, 0.15) is 49.8 Å². The van der Waals surface area contributed by atoms with Gasteiger partial charge in [0.05, 0.1) is 17.2 Å². The summed E-state index contributed by atoms with van der Waals surface area (Å²) in [5, 5.41) is 78.8. The number of carbonyl (C=O) groups is 7. The molecule has 3 aliphatic carbocycles. The highest BCUT2D eigenvalue weighted by atomic mass is 32.2. The number of hydrogen-bond acceptors (Lipinski definition) is 15. The van der Waals surface area contributed by atoms with Crippen LogP contribution in [0.5, 0.6) is 5.75 Å². The molecule has 57 heavy (non-hydrogen) atoms. The summed E-state index contributed by atoms with van der Waals surface area (Å²) in [7, 11) is 3.01. The number of aromatic hydroxyl groups is 1. The second-order valence-electron chi connectivity index (χ2n) is 15.4. The van der Waals surface area contributed by atoms with Crippen molar-refractivity contribution in [2.24, 2.45) is 17.6 Å². The fourth-order valence-electron chi connectivity index (χ4n) is 8.73. The van der Waals surface area contributed by atoms with Gasteiger partial charge in [-0.25, -0.2) is 4.79 Å². The molecule has 20 heteroatoms. The van der Waals surface area contributed by atoms with Gasteiger partial charge in [-0.2, -0.15) is 11.3 Å². The molecule has 3 amide bonds. The van der Waals surface area contributed by atoms with Gasteiger partial charge < -0.3 is 51.7 Å². The number of aliphatic hydroxyl groups is 4. The Hall–Kier alpha value is -5.28. The van der Waals surface area contributed by atoms with E-state index in [0.717, 1.165) is 0 Å². The standard InChI is InChI=1S/C22H24N2O8.C15H16N2O6S2/c1-21(31)8-5-4-6-11(25)12(8)16(26)13-9(21)7-10-15(24(2)3)17(27)14(20(23)30)19(29)22(10,32)18(13)28;1-15(2)9(14(22)23)17-11(19)8(12(17)25-15)16-10(18)7(13(20)21)6-3-4-24-5-6/h4-6,9-10,15,25-26,29,31-32H,7H2,1-3H3,(H2,23,30);3-5,7-9,12H,1-2H3,(H,16,18)(H,20,21)(H,22,23)/t9-,10-,15-,21+,22-;7-,8-,9+,12-/m01/s1. The van der Waals surface area contributed by atoms with Crippen LogP contribution in [-0.4, -0.2) is 135 Å². The fourth-order valence-corrected chi connectivity index (χ4v) is 11.0. The second-order valence-corrected chi connectivity index (χ2v) is 17.9. The maximum absolute atomic E-state index is 13.7. The van der Waals surface area contributed by atoms with Crippen molar-refractivity contribution >= 4 is 70.1 Å². The Morgan fingerprint density at radius 2 is 1.67 bits per heavy atom. The number of benzene rings is 1. The van der Waals surface area contributed by atoms with Crippen molar-refractivity contribution < 1.29 is 69.3 Å². The number of hydrogen-bond donors (Lipinski definition) is 9. The van der Waals surface area contributed by atoms with Crippen molar-refractivity contribution in [3.8, 4) is 5.75 Å². The molecule has 9 atom stereocenters. The third-order valence-electron chi connectivity index (χ3n) is 11.4. The Bertz CT molecular complexity index is 2200. The number of nitrogens with one attached hydrogen (secondary N) is 1. The molecule has 1 saturated carbocycles. The van der Waals surface area contributed by atoms with Gasteiger partial charge in [0.15, 0.2) is 17.3 Å². The summed E-state index contributed by atoms with van der Waals surface area (Å²) in [6, 6.07) is 2.67. The maximum Gasteiger partial charge on any atom is 0.327 e. The first kappa shape index (κ1) is 41.4. The number of phenolic OH excluding ortho intramolecular Hbond substituents is 1. The molecule has 10 N–H and O–H groups in total. The Labute approximate surface area is 332 Å². The lowest BCUT2D eigenvalue weighted by Crippen LogP contribution is -2.71. The summed E-state index contributed by atoms with van der Waals surface area (Å²) >= 11 is 2.56. The van der Waals surface area contributed by atoms with E-state index in [-0.39, 0.29) is 17.5 Å². The molecule has 304 valence electrons. The number of Topliss-reactive ketones (excluding diaryl/α,β-unsaturated/α-hetero) is 2. The molecule has 2 aromatic rings. The van der Waals surface area contributed by atoms with Gasteiger partial charge in [0.25, 0.3) is 5.91 Å². The van der Waals surface area contributed by atoms with Crippen LogP contribution in [0.25, 0.3) is 5.76 Å². The molecule has 2 aliphatic heterocycles. The molecular weight excluding hydrogens is 789 g/mol. The van der Waals surface area contributed by atoms with Crippen LogP contribution in [0.4, 0.5) is 0 Å².